The summed E-state index contributed by atoms with van der Waals surface area (Å²) in [6.07, 6.45) is 0.982. The predicted octanol–water partition coefficient (Wildman–Crippen LogP) is 3.08. The number of nitrogens with one attached hydrogen (secondary N) is 1. The summed E-state index contributed by atoms with van der Waals surface area (Å²) in [4.78, 5) is 15.6. The van der Waals surface area contributed by atoms with Gasteiger partial charge in [0.15, 0.2) is 0 Å². The standard InChI is InChI=1S/C16H17ClN2OS/c17-14-3-1-12(2-4-14)9-18-10-16(20)19-7-5-15-13(11-19)6-8-21-15/h1-4,6,8,18H,5,7,9-11H2. The van der Waals surface area contributed by atoms with E-state index in [1.165, 1.54) is 10.4 Å². The van der Waals surface area contributed by atoms with Crippen LogP contribution in [0.4, 0.5) is 0 Å². The van der Waals surface area contributed by atoms with Crippen LogP contribution >= 0.6 is 22.9 Å². The summed E-state index contributed by atoms with van der Waals surface area (Å²) < 4.78 is 0. The molecule has 2 heterocycles. The quantitative estimate of drug-likeness (QED) is 0.939. The van der Waals surface area contributed by atoms with Crippen LogP contribution in [0.15, 0.2) is 35.7 Å². The highest BCUT2D eigenvalue weighted by Gasteiger charge is 2.20. The molecule has 1 aliphatic heterocycles. The van der Waals surface area contributed by atoms with E-state index in [1.807, 2.05) is 29.2 Å². The zero-order valence-corrected chi connectivity index (χ0v) is 13.2. The highest BCUT2D eigenvalue weighted by Crippen LogP contribution is 2.23. The molecule has 1 aromatic heterocycles. The van der Waals surface area contributed by atoms with Crippen LogP contribution < -0.4 is 5.32 Å². The smallest absolute Gasteiger partial charge is 0.236 e. The van der Waals surface area contributed by atoms with E-state index in [0.29, 0.717) is 13.1 Å². The molecule has 2 aromatic rings. The van der Waals surface area contributed by atoms with Crippen LogP contribution in [0.2, 0.25) is 5.02 Å². The minimum Gasteiger partial charge on any atom is -0.337 e. The number of carbonyl (C=O) groups excluding carboxylic acids is 1. The summed E-state index contributed by atoms with van der Waals surface area (Å²) in [6.45, 7) is 2.64. The summed E-state index contributed by atoms with van der Waals surface area (Å²) in [6, 6.07) is 9.80. The Hall–Kier alpha value is -1.36. The number of amides is 1. The Kier molecular flexibility index (Phi) is 4.58. The molecule has 0 fully saturated rings. The first-order valence-electron chi connectivity index (χ1n) is 7.00. The van der Waals surface area contributed by atoms with Gasteiger partial charge in [-0.1, -0.05) is 23.7 Å². The molecule has 1 amide bonds. The second kappa shape index (κ2) is 6.60. The number of halogens is 1. The van der Waals surface area contributed by atoms with Crippen LogP contribution in [-0.2, 0) is 24.3 Å². The molecule has 110 valence electrons. The summed E-state index contributed by atoms with van der Waals surface area (Å²) in [5.74, 6) is 0.167. The lowest BCUT2D eigenvalue weighted by Crippen LogP contribution is -2.40. The molecule has 1 N–H and O–H groups in total. The van der Waals surface area contributed by atoms with E-state index in [-0.39, 0.29) is 5.91 Å². The molecule has 21 heavy (non-hydrogen) atoms. The molecule has 1 aliphatic rings. The highest BCUT2D eigenvalue weighted by molar-refractivity contribution is 7.10. The number of benzene rings is 1. The van der Waals surface area contributed by atoms with Crippen molar-refractivity contribution in [2.75, 3.05) is 13.1 Å². The molecule has 0 unspecified atom stereocenters. The Balaban J connectivity index is 1.48. The maximum Gasteiger partial charge on any atom is 0.236 e. The van der Waals surface area contributed by atoms with Crippen molar-refractivity contribution >= 4 is 28.8 Å². The molecular formula is C16H17ClN2OS. The van der Waals surface area contributed by atoms with Gasteiger partial charge in [-0.2, -0.15) is 0 Å². The molecule has 1 aromatic carbocycles. The maximum atomic E-state index is 12.2. The molecule has 3 nitrogen and oxygen atoms in total. The van der Waals surface area contributed by atoms with Crippen LogP contribution in [0, 0.1) is 0 Å². The molecule has 0 bridgehead atoms. The molecule has 5 heteroatoms. The third-order valence-corrected chi connectivity index (χ3v) is 4.95. The predicted molar refractivity (Wildman–Crippen MR) is 86.6 cm³/mol. The number of carbonyl (C=O) groups is 1. The van der Waals surface area contributed by atoms with Gasteiger partial charge < -0.3 is 10.2 Å². The SMILES string of the molecule is O=C(CNCc1ccc(Cl)cc1)N1CCc2sccc2C1. The Bertz CT molecular complexity index is 623. The van der Waals surface area contributed by atoms with Gasteiger partial charge in [0.05, 0.1) is 6.54 Å². The van der Waals surface area contributed by atoms with Crippen LogP contribution in [-0.4, -0.2) is 23.9 Å². The largest absolute Gasteiger partial charge is 0.337 e. The van der Waals surface area contributed by atoms with E-state index >= 15 is 0 Å². The number of thiophene rings is 1. The van der Waals surface area contributed by atoms with Crippen molar-refractivity contribution in [1.82, 2.24) is 10.2 Å². The second-order valence-corrected chi connectivity index (χ2v) is 6.60. The van der Waals surface area contributed by atoms with Gasteiger partial charge in [0, 0.05) is 29.5 Å². The van der Waals surface area contributed by atoms with Gasteiger partial charge in [-0.15, -0.1) is 11.3 Å². The van der Waals surface area contributed by atoms with Crippen LogP contribution in [0.1, 0.15) is 16.0 Å². The number of hydrogen-bond donors (Lipinski definition) is 1. The van der Waals surface area contributed by atoms with Gasteiger partial charge in [-0.05, 0) is 41.1 Å². The Labute approximate surface area is 133 Å². The number of rotatable bonds is 4. The van der Waals surface area contributed by atoms with Gasteiger partial charge in [0.25, 0.3) is 0 Å². The Morgan fingerprint density at radius 2 is 2.10 bits per heavy atom. The van der Waals surface area contributed by atoms with E-state index in [1.54, 1.807) is 11.3 Å². The molecular weight excluding hydrogens is 304 g/mol. The van der Waals surface area contributed by atoms with Crippen LogP contribution in [0.5, 0.6) is 0 Å². The van der Waals surface area contributed by atoms with Crippen LogP contribution in [0.25, 0.3) is 0 Å². The Morgan fingerprint density at radius 3 is 2.90 bits per heavy atom. The van der Waals surface area contributed by atoms with Gasteiger partial charge >= 0.3 is 0 Å². The normalized spacial score (nSPS) is 14.0. The van der Waals surface area contributed by atoms with E-state index in [0.717, 1.165) is 30.1 Å². The maximum absolute atomic E-state index is 12.2. The lowest BCUT2D eigenvalue weighted by Gasteiger charge is -2.27. The van der Waals surface area contributed by atoms with Gasteiger partial charge in [0.1, 0.15) is 0 Å². The lowest BCUT2D eigenvalue weighted by atomic mass is 10.1. The summed E-state index contributed by atoms with van der Waals surface area (Å²) >= 11 is 7.64. The second-order valence-electron chi connectivity index (χ2n) is 5.16. The molecule has 3 rings (SSSR count). The summed E-state index contributed by atoms with van der Waals surface area (Å²) in [5, 5.41) is 6.04. The van der Waals surface area contributed by atoms with E-state index in [4.69, 9.17) is 11.6 Å². The Morgan fingerprint density at radius 1 is 1.29 bits per heavy atom. The molecule has 0 saturated carbocycles. The number of hydrogen-bond acceptors (Lipinski definition) is 3. The molecule has 0 radical (unpaired) electrons. The van der Waals surface area contributed by atoms with Crippen molar-refractivity contribution < 1.29 is 4.79 Å². The first-order chi connectivity index (χ1) is 10.2. The first kappa shape index (κ1) is 14.6. The number of nitrogens with zero attached hydrogens (tertiary/aromatic N) is 1. The van der Waals surface area contributed by atoms with Crippen molar-refractivity contribution in [1.29, 1.82) is 0 Å². The molecule has 0 saturated heterocycles. The van der Waals surface area contributed by atoms with E-state index in [9.17, 15) is 4.79 Å². The average molecular weight is 321 g/mol. The molecule has 0 spiro atoms. The third-order valence-electron chi connectivity index (χ3n) is 3.68. The van der Waals surface area contributed by atoms with Gasteiger partial charge in [0.2, 0.25) is 5.91 Å². The van der Waals surface area contributed by atoms with Gasteiger partial charge in [-0.25, -0.2) is 0 Å². The zero-order valence-electron chi connectivity index (χ0n) is 11.6. The summed E-state index contributed by atoms with van der Waals surface area (Å²) in [5.41, 5.74) is 2.43. The van der Waals surface area contributed by atoms with Crippen molar-refractivity contribution in [2.24, 2.45) is 0 Å². The highest BCUT2D eigenvalue weighted by atomic mass is 35.5. The molecule has 0 atom stereocenters. The average Bonchev–Trinajstić information content (AvgIpc) is 2.96. The van der Waals surface area contributed by atoms with Crippen LogP contribution in [0.3, 0.4) is 0 Å². The fourth-order valence-electron chi connectivity index (χ4n) is 2.49. The minimum absolute atomic E-state index is 0.167. The molecule has 0 aliphatic carbocycles. The monoisotopic (exact) mass is 320 g/mol. The lowest BCUT2D eigenvalue weighted by molar-refractivity contribution is -0.131. The van der Waals surface area contributed by atoms with E-state index < -0.39 is 0 Å². The fraction of sp³-hybridized carbons (Fsp3) is 0.312. The summed E-state index contributed by atoms with van der Waals surface area (Å²) in [7, 11) is 0. The third kappa shape index (κ3) is 3.64. The first-order valence-corrected chi connectivity index (χ1v) is 8.26. The van der Waals surface area contributed by atoms with Crippen molar-refractivity contribution in [3.8, 4) is 0 Å². The van der Waals surface area contributed by atoms with Gasteiger partial charge in [-0.3, -0.25) is 4.79 Å². The van der Waals surface area contributed by atoms with E-state index in [2.05, 4.69) is 16.8 Å². The topological polar surface area (TPSA) is 32.3 Å². The minimum atomic E-state index is 0.167. The van der Waals surface area contributed by atoms with Crippen molar-refractivity contribution in [3.05, 3.63) is 56.7 Å². The number of fused-ring (bicyclic) bond motifs is 1. The van der Waals surface area contributed by atoms with Crippen molar-refractivity contribution in [3.63, 3.8) is 0 Å². The zero-order chi connectivity index (χ0) is 14.7. The van der Waals surface area contributed by atoms with Crippen molar-refractivity contribution in [2.45, 2.75) is 19.5 Å². The fourth-order valence-corrected chi connectivity index (χ4v) is 3.50.